The fraction of sp³-hybridized carbons (Fsp3) is 0.423. The minimum atomic E-state index is -1.20. The van der Waals surface area contributed by atoms with Crippen molar-refractivity contribution in [1.29, 1.82) is 0 Å². The summed E-state index contributed by atoms with van der Waals surface area (Å²) in [6.45, 7) is 7.43. The van der Waals surface area contributed by atoms with E-state index in [4.69, 9.17) is 9.84 Å². The predicted octanol–water partition coefficient (Wildman–Crippen LogP) is 4.41. The van der Waals surface area contributed by atoms with Crippen LogP contribution in [0.3, 0.4) is 0 Å². The summed E-state index contributed by atoms with van der Waals surface area (Å²) in [5.74, 6) is -1.37. The van der Waals surface area contributed by atoms with Crippen LogP contribution in [0, 0.1) is 0 Å². The first-order chi connectivity index (χ1) is 15.7. The van der Waals surface area contributed by atoms with Gasteiger partial charge >= 0.3 is 12.1 Å². The third-order valence-electron chi connectivity index (χ3n) is 6.50. The fourth-order valence-electron chi connectivity index (χ4n) is 4.49. The number of rotatable bonds is 9. The molecule has 2 N–H and O–H groups in total. The number of ether oxygens (including phenoxy) is 1. The smallest absolute Gasteiger partial charge is 0.408 e. The predicted molar refractivity (Wildman–Crippen MR) is 126 cm³/mol. The molecule has 0 aromatic heterocycles. The molecule has 1 aliphatic rings. The number of aliphatic carboxylic acids is 1. The number of nitrogens with one attached hydrogen (secondary N) is 1. The Morgan fingerprint density at radius 3 is 2.09 bits per heavy atom. The van der Waals surface area contributed by atoms with E-state index >= 15 is 0 Å². The first kappa shape index (κ1) is 24.3. The second kappa shape index (κ2) is 10.1. The van der Waals surface area contributed by atoms with Crippen molar-refractivity contribution >= 4 is 18.0 Å². The van der Waals surface area contributed by atoms with E-state index in [0.29, 0.717) is 13.0 Å². The standard InChI is InChI=1S/C26H32N2O5/c1-5-26(4,24(31)28(6-2)17(3)15-23(29)30)27-25(32)33-16-22-20-13-9-7-11-18(20)19-12-8-10-14-21(19)22/h7-14,17,22H,5-6,15-16H2,1-4H3,(H,27,32)(H,29,30). The maximum Gasteiger partial charge on any atom is 0.408 e. The van der Waals surface area contributed by atoms with Crippen LogP contribution in [-0.4, -0.2) is 52.7 Å². The van der Waals surface area contributed by atoms with E-state index in [-0.39, 0.29) is 24.9 Å². The number of carboxylic acid groups (broad SMARTS) is 1. The molecule has 0 saturated carbocycles. The van der Waals surface area contributed by atoms with Gasteiger partial charge in [0.1, 0.15) is 12.1 Å². The summed E-state index contributed by atoms with van der Waals surface area (Å²) in [5, 5.41) is 11.8. The van der Waals surface area contributed by atoms with Crippen LogP contribution in [0.15, 0.2) is 48.5 Å². The van der Waals surface area contributed by atoms with E-state index in [1.807, 2.05) is 36.4 Å². The highest BCUT2D eigenvalue weighted by Crippen LogP contribution is 2.44. The summed E-state index contributed by atoms with van der Waals surface area (Å²) < 4.78 is 5.61. The average molecular weight is 453 g/mol. The minimum absolute atomic E-state index is 0.0746. The zero-order valence-corrected chi connectivity index (χ0v) is 19.6. The third-order valence-corrected chi connectivity index (χ3v) is 6.50. The zero-order valence-electron chi connectivity index (χ0n) is 19.6. The summed E-state index contributed by atoms with van der Waals surface area (Å²) in [6.07, 6.45) is -0.493. The van der Waals surface area contributed by atoms with Gasteiger partial charge in [-0.1, -0.05) is 55.5 Å². The van der Waals surface area contributed by atoms with Crippen LogP contribution < -0.4 is 5.32 Å². The second-order valence-corrected chi connectivity index (χ2v) is 8.67. The van der Waals surface area contributed by atoms with Crippen molar-refractivity contribution in [3.63, 3.8) is 0 Å². The van der Waals surface area contributed by atoms with Crippen molar-refractivity contribution in [2.24, 2.45) is 0 Å². The van der Waals surface area contributed by atoms with Gasteiger partial charge in [-0.25, -0.2) is 4.79 Å². The van der Waals surface area contributed by atoms with E-state index in [2.05, 4.69) is 17.4 Å². The van der Waals surface area contributed by atoms with E-state index in [1.54, 1.807) is 27.7 Å². The molecule has 0 radical (unpaired) electrons. The van der Waals surface area contributed by atoms with Crippen LogP contribution in [-0.2, 0) is 14.3 Å². The van der Waals surface area contributed by atoms with Gasteiger partial charge in [0.05, 0.1) is 6.42 Å². The Balaban J connectivity index is 1.70. The Kier molecular flexibility index (Phi) is 7.41. The Morgan fingerprint density at radius 1 is 1.06 bits per heavy atom. The van der Waals surface area contributed by atoms with Gasteiger partial charge in [0.2, 0.25) is 5.91 Å². The van der Waals surface area contributed by atoms with Crippen LogP contribution in [0.5, 0.6) is 0 Å². The lowest BCUT2D eigenvalue weighted by molar-refractivity contribution is -0.143. The molecule has 176 valence electrons. The Hall–Kier alpha value is -3.35. The number of hydrogen-bond donors (Lipinski definition) is 2. The third kappa shape index (κ3) is 5.02. The van der Waals surface area contributed by atoms with Crippen LogP contribution >= 0.6 is 0 Å². The number of carbonyl (C=O) groups excluding carboxylic acids is 2. The van der Waals surface area contributed by atoms with Gasteiger partial charge in [-0.2, -0.15) is 0 Å². The van der Waals surface area contributed by atoms with Crippen LogP contribution in [0.4, 0.5) is 4.79 Å². The molecule has 2 unspecified atom stereocenters. The number of carboxylic acids is 1. The molecular formula is C26H32N2O5. The maximum atomic E-state index is 13.2. The molecule has 1 aliphatic carbocycles. The van der Waals surface area contributed by atoms with Gasteiger partial charge in [0.25, 0.3) is 0 Å². The molecule has 7 heteroatoms. The summed E-state index contributed by atoms with van der Waals surface area (Å²) in [4.78, 5) is 38.6. The minimum Gasteiger partial charge on any atom is -0.481 e. The summed E-state index contributed by atoms with van der Waals surface area (Å²) >= 11 is 0. The molecule has 2 atom stereocenters. The SMILES string of the molecule is CCN(C(=O)C(C)(CC)NC(=O)OCC1c2ccccc2-c2ccccc21)C(C)CC(=O)O. The highest BCUT2D eigenvalue weighted by Gasteiger charge is 2.39. The molecule has 0 heterocycles. The molecule has 2 amide bonds. The Morgan fingerprint density at radius 2 is 1.61 bits per heavy atom. The van der Waals surface area contributed by atoms with Crippen LogP contribution in [0.25, 0.3) is 11.1 Å². The lowest BCUT2D eigenvalue weighted by atomic mass is 9.95. The van der Waals surface area contributed by atoms with Gasteiger partial charge in [0, 0.05) is 18.5 Å². The first-order valence-electron chi connectivity index (χ1n) is 11.4. The van der Waals surface area contributed by atoms with Crippen molar-refractivity contribution in [3.05, 3.63) is 59.7 Å². The molecule has 0 spiro atoms. The molecular weight excluding hydrogens is 420 g/mol. The van der Waals surface area contributed by atoms with Crippen molar-refractivity contribution in [1.82, 2.24) is 10.2 Å². The molecule has 7 nitrogen and oxygen atoms in total. The number of alkyl carbamates (subject to hydrolysis) is 1. The Labute approximate surface area is 194 Å². The number of carbonyl (C=O) groups is 3. The number of likely N-dealkylation sites (N-methyl/N-ethyl adjacent to an activating group) is 1. The van der Waals surface area contributed by atoms with Crippen molar-refractivity contribution in [3.8, 4) is 11.1 Å². The van der Waals surface area contributed by atoms with E-state index < -0.39 is 23.6 Å². The van der Waals surface area contributed by atoms with Gasteiger partial charge < -0.3 is 20.1 Å². The van der Waals surface area contributed by atoms with Gasteiger partial charge in [-0.05, 0) is 49.4 Å². The topological polar surface area (TPSA) is 95.9 Å². The van der Waals surface area contributed by atoms with E-state index in [9.17, 15) is 14.4 Å². The largest absolute Gasteiger partial charge is 0.481 e. The average Bonchev–Trinajstić information content (AvgIpc) is 3.11. The van der Waals surface area contributed by atoms with Gasteiger partial charge in [0.15, 0.2) is 0 Å². The number of nitrogens with zero attached hydrogens (tertiary/aromatic N) is 1. The van der Waals surface area contributed by atoms with Gasteiger partial charge in [-0.3, -0.25) is 9.59 Å². The molecule has 2 aromatic rings. The fourth-order valence-corrected chi connectivity index (χ4v) is 4.49. The van der Waals surface area contributed by atoms with Crippen molar-refractivity contribution < 1.29 is 24.2 Å². The number of amides is 2. The normalized spacial score (nSPS) is 15.0. The van der Waals surface area contributed by atoms with Gasteiger partial charge in [-0.15, -0.1) is 0 Å². The summed E-state index contributed by atoms with van der Waals surface area (Å²) in [7, 11) is 0. The molecule has 2 aromatic carbocycles. The molecule has 0 aliphatic heterocycles. The zero-order chi connectivity index (χ0) is 24.2. The van der Waals surface area contributed by atoms with Crippen molar-refractivity contribution in [2.75, 3.05) is 13.2 Å². The molecule has 33 heavy (non-hydrogen) atoms. The lowest BCUT2D eigenvalue weighted by Crippen LogP contribution is -2.59. The molecule has 0 saturated heterocycles. The van der Waals surface area contributed by atoms with Crippen molar-refractivity contribution in [2.45, 2.75) is 58.0 Å². The second-order valence-electron chi connectivity index (χ2n) is 8.67. The molecule has 0 bridgehead atoms. The quantitative estimate of drug-likeness (QED) is 0.588. The molecule has 0 fully saturated rings. The highest BCUT2D eigenvalue weighted by atomic mass is 16.5. The Bertz CT molecular complexity index is 991. The number of benzene rings is 2. The number of fused-ring (bicyclic) bond motifs is 3. The first-order valence-corrected chi connectivity index (χ1v) is 11.4. The monoisotopic (exact) mass is 452 g/mol. The summed E-state index contributed by atoms with van der Waals surface area (Å²) in [6, 6.07) is 15.7. The van der Waals surface area contributed by atoms with Crippen LogP contribution in [0.2, 0.25) is 0 Å². The molecule has 3 rings (SSSR count). The maximum absolute atomic E-state index is 13.2. The van der Waals surface area contributed by atoms with E-state index in [1.165, 1.54) is 4.90 Å². The lowest BCUT2D eigenvalue weighted by Gasteiger charge is -2.36. The van der Waals surface area contributed by atoms with E-state index in [0.717, 1.165) is 22.3 Å². The van der Waals surface area contributed by atoms with Crippen LogP contribution in [0.1, 0.15) is 57.6 Å². The highest BCUT2D eigenvalue weighted by molar-refractivity contribution is 5.90. The summed E-state index contributed by atoms with van der Waals surface area (Å²) in [5.41, 5.74) is 3.30. The number of hydrogen-bond acceptors (Lipinski definition) is 4.